The lowest BCUT2D eigenvalue weighted by Gasteiger charge is -2.08. The molecule has 27 heavy (non-hydrogen) atoms. The molecule has 4 rings (SSSR count). The van der Waals surface area contributed by atoms with Gasteiger partial charge in [-0.15, -0.1) is 10.2 Å². The molecule has 4 aromatic rings. The number of aryl methyl sites for hydroxylation is 1. The molecule has 0 saturated carbocycles. The molecule has 2 aromatic heterocycles. The summed E-state index contributed by atoms with van der Waals surface area (Å²) < 4.78 is 7.15. The lowest BCUT2D eigenvalue weighted by molar-refractivity contribution is 0.414. The molecule has 0 unspecified atom stereocenters. The van der Waals surface area contributed by atoms with Crippen LogP contribution in [0.25, 0.3) is 16.6 Å². The Bertz CT molecular complexity index is 1170. The number of methoxy groups -OCH3 is 1. The van der Waals surface area contributed by atoms with E-state index in [2.05, 4.69) is 20.2 Å². The van der Waals surface area contributed by atoms with Crippen LogP contribution in [0, 0.1) is 6.92 Å². The number of nitrogens with zero attached hydrogens (tertiary/aromatic N) is 4. The Hall–Kier alpha value is -3.13. The van der Waals surface area contributed by atoms with E-state index in [9.17, 15) is 4.79 Å². The van der Waals surface area contributed by atoms with Gasteiger partial charge in [0.25, 0.3) is 5.56 Å². The Balaban J connectivity index is 1.62. The van der Waals surface area contributed by atoms with Gasteiger partial charge in [0.15, 0.2) is 5.16 Å². The van der Waals surface area contributed by atoms with Gasteiger partial charge < -0.3 is 9.72 Å². The van der Waals surface area contributed by atoms with Crippen molar-refractivity contribution in [1.82, 2.24) is 24.7 Å². The van der Waals surface area contributed by atoms with Gasteiger partial charge >= 0.3 is 0 Å². The summed E-state index contributed by atoms with van der Waals surface area (Å²) in [6.45, 7) is 1.95. The van der Waals surface area contributed by atoms with E-state index in [-0.39, 0.29) is 5.56 Å². The first-order chi connectivity index (χ1) is 13.2. The number of aromatic amines is 1. The number of thioether (sulfide) groups is 1. The molecule has 0 spiro atoms. The first kappa shape index (κ1) is 17.3. The molecule has 0 radical (unpaired) electrons. The number of hydrogen-bond acceptors (Lipinski definition) is 6. The monoisotopic (exact) mass is 379 g/mol. The summed E-state index contributed by atoms with van der Waals surface area (Å²) in [6, 6.07) is 13.2. The fourth-order valence-corrected chi connectivity index (χ4v) is 3.61. The van der Waals surface area contributed by atoms with Crippen LogP contribution in [0.1, 0.15) is 11.4 Å². The molecular weight excluding hydrogens is 362 g/mol. The van der Waals surface area contributed by atoms with E-state index in [4.69, 9.17) is 4.74 Å². The van der Waals surface area contributed by atoms with E-state index in [0.717, 1.165) is 22.5 Å². The lowest BCUT2D eigenvalue weighted by atomic mass is 10.1. The molecule has 0 atom stereocenters. The van der Waals surface area contributed by atoms with E-state index >= 15 is 0 Å². The maximum absolute atomic E-state index is 12.3. The number of benzene rings is 2. The van der Waals surface area contributed by atoms with Crippen molar-refractivity contribution >= 4 is 22.7 Å². The Kier molecular flexibility index (Phi) is 4.64. The van der Waals surface area contributed by atoms with Gasteiger partial charge in [-0.05, 0) is 30.7 Å². The number of H-pyrrole nitrogens is 1. The quantitative estimate of drug-likeness (QED) is 0.536. The number of ether oxygens (including phenoxy) is 1. The van der Waals surface area contributed by atoms with Gasteiger partial charge in [0, 0.05) is 6.07 Å². The summed E-state index contributed by atoms with van der Waals surface area (Å²) in [7, 11) is 1.63. The van der Waals surface area contributed by atoms with E-state index < -0.39 is 0 Å². The molecule has 0 saturated heterocycles. The van der Waals surface area contributed by atoms with Crippen LogP contribution in [-0.2, 0) is 5.75 Å². The summed E-state index contributed by atoms with van der Waals surface area (Å²) in [4.78, 5) is 19.8. The smallest absolute Gasteiger partial charge is 0.258 e. The zero-order valence-corrected chi connectivity index (χ0v) is 15.7. The standard InChI is InChI=1S/C19H17N5O2S/c1-12-5-3-8-15-17(12)21-16(22-18(15)25)10-27-19-23-20-11-24(19)13-6-4-7-14(9-13)26-2/h3-9,11H,10H2,1-2H3,(H,21,22,25). The van der Waals surface area contributed by atoms with Crippen LogP contribution < -0.4 is 10.3 Å². The van der Waals surface area contributed by atoms with Gasteiger partial charge in [-0.1, -0.05) is 30.0 Å². The minimum atomic E-state index is -0.131. The number of fused-ring (bicyclic) bond motifs is 1. The van der Waals surface area contributed by atoms with Crippen molar-refractivity contribution in [1.29, 1.82) is 0 Å². The maximum atomic E-state index is 12.3. The predicted molar refractivity (Wildman–Crippen MR) is 105 cm³/mol. The van der Waals surface area contributed by atoms with E-state index in [1.165, 1.54) is 11.8 Å². The van der Waals surface area contributed by atoms with Gasteiger partial charge in [-0.2, -0.15) is 0 Å². The molecular formula is C19H17N5O2S. The average Bonchev–Trinajstić information content (AvgIpc) is 3.16. The predicted octanol–water partition coefficient (Wildman–Crippen LogP) is 3.11. The van der Waals surface area contributed by atoms with Crippen molar-refractivity contribution in [3.63, 3.8) is 0 Å². The SMILES string of the molecule is COc1cccc(-n2cnnc2SCc2nc3c(C)cccc3c(=O)[nH]2)c1. The van der Waals surface area contributed by atoms with Crippen LogP contribution in [0.4, 0.5) is 0 Å². The van der Waals surface area contributed by atoms with Crippen LogP contribution in [0.3, 0.4) is 0 Å². The largest absolute Gasteiger partial charge is 0.497 e. The molecule has 8 heteroatoms. The Morgan fingerprint density at radius 1 is 1.22 bits per heavy atom. The fraction of sp³-hybridized carbons (Fsp3) is 0.158. The van der Waals surface area contributed by atoms with Crippen LogP contribution in [-0.4, -0.2) is 31.8 Å². The molecule has 0 aliphatic rings. The van der Waals surface area contributed by atoms with Crippen molar-refractivity contribution in [3.05, 3.63) is 70.5 Å². The molecule has 0 bridgehead atoms. The van der Waals surface area contributed by atoms with Gasteiger partial charge in [0.1, 0.15) is 17.9 Å². The second-order valence-corrected chi connectivity index (χ2v) is 6.90. The van der Waals surface area contributed by atoms with Gasteiger partial charge in [0.2, 0.25) is 0 Å². The zero-order chi connectivity index (χ0) is 18.8. The van der Waals surface area contributed by atoms with Crippen LogP contribution >= 0.6 is 11.8 Å². The highest BCUT2D eigenvalue weighted by Gasteiger charge is 2.11. The highest BCUT2D eigenvalue weighted by Crippen LogP contribution is 2.24. The van der Waals surface area contributed by atoms with Crippen molar-refractivity contribution in [2.24, 2.45) is 0 Å². The second-order valence-electron chi connectivity index (χ2n) is 5.96. The van der Waals surface area contributed by atoms with E-state index in [1.54, 1.807) is 19.5 Å². The topological polar surface area (TPSA) is 85.7 Å². The number of rotatable bonds is 5. The van der Waals surface area contributed by atoms with Crippen molar-refractivity contribution in [2.45, 2.75) is 17.8 Å². The second kappa shape index (κ2) is 7.24. The highest BCUT2D eigenvalue weighted by molar-refractivity contribution is 7.98. The van der Waals surface area contributed by atoms with Crippen LogP contribution in [0.5, 0.6) is 5.75 Å². The van der Waals surface area contributed by atoms with E-state index in [0.29, 0.717) is 22.1 Å². The molecule has 2 aromatic carbocycles. The molecule has 0 aliphatic carbocycles. The summed E-state index contributed by atoms with van der Waals surface area (Å²) >= 11 is 1.45. The van der Waals surface area contributed by atoms with E-state index in [1.807, 2.05) is 47.9 Å². The summed E-state index contributed by atoms with van der Waals surface area (Å²) in [5.41, 5.74) is 2.47. The van der Waals surface area contributed by atoms with Crippen molar-refractivity contribution in [3.8, 4) is 11.4 Å². The average molecular weight is 379 g/mol. The van der Waals surface area contributed by atoms with Gasteiger partial charge in [0.05, 0.1) is 29.5 Å². The maximum Gasteiger partial charge on any atom is 0.258 e. The van der Waals surface area contributed by atoms with Gasteiger partial charge in [-0.25, -0.2) is 4.98 Å². The molecule has 136 valence electrons. The third-order valence-corrected chi connectivity index (χ3v) is 5.13. The van der Waals surface area contributed by atoms with Crippen LogP contribution in [0.15, 0.2) is 58.7 Å². The molecule has 0 aliphatic heterocycles. The third-order valence-electron chi connectivity index (χ3n) is 4.17. The highest BCUT2D eigenvalue weighted by atomic mass is 32.2. The molecule has 1 N–H and O–H groups in total. The number of nitrogens with one attached hydrogen (secondary N) is 1. The first-order valence-electron chi connectivity index (χ1n) is 8.31. The van der Waals surface area contributed by atoms with Crippen LogP contribution in [0.2, 0.25) is 0 Å². The lowest BCUT2D eigenvalue weighted by Crippen LogP contribution is -2.12. The summed E-state index contributed by atoms with van der Waals surface area (Å²) in [5, 5.41) is 9.49. The third kappa shape index (κ3) is 3.43. The molecule has 0 amide bonds. The fourth-order valence-electron chi connectivity index (χ4n) is 2.81. The summed E-state index contributed by atoms with van der Waals surface area (Å²) in [5.74, 6) is 1.84. The molecule has 2 heterocycles. The normalized spacial score (nSPS) is 11.0. The molecule has 7 nitrogen and oxygen atoms in total. The first-order valence-corrected chi connectivity index (χ1v) is 9.30. The molecule has 0 fully saturated rings. The minimum Gasteiger partial charge on any atom is -0.497 e. The Morgan fingerprint density at radius 2 is 2.07 bits per heavy atom. The Morgan fingerprint density at radius 3 is 2.93 bits per heavy atom. The minimum absolute atomic E-state index is 0.131. The van der Waals surface area contributed by atoms with Crippen molar-refractivity contribution < 1.29 is 4.74 Å². The Labute approximate surface area is 159 Å². The van der Waals surface area contributed by atoms with Gasteiger partial charge in [-0.3, -0.25) is 9.36 Å². The summed E-state index contributed by atoms with van der Waals surface area (Å²) in [6.07, 6.45) is 1.65. The number of para-hydroxylation sites is 1. The van der Waals surface area contributed by atoms with Crippen molar-refractivity contribution in [2.75, 3.05) is 7.11 Å². The number of hydrogen-bond donors (Lipinski definition) is 1. The number of aromatic nitrogens is 5. The zero-order valence-electron chi connectivity index (χ0n) is 14.8.